The normalized spacial score (nSPS) is 10.6. The zero-order valence-corrected chi connectivity index (χ0v) is 8.62. The van der Waals surface area contributed by atoms with Crippen LogP contribution in [0.15, 0.2) is 30.5 Å². The van der Waals surface area contributed by atoms with Crippen molar-refractivity contribution in [3.8, 4) is 11.3 Å². The van der Waals surface area contributed by atoms with E-state index in [1.54, 1.807) is 0 Å². The van der Waals surface area contributed by atoms with Gasteiger partial charge >= 0.3 is 0 Å². The molecule has 17 heavy (non-hydrogen) atoms. The molecule has 0 aliphatic carbocycles. The van der Waals surface area contributed by atoms with Gasteiger partial charge in [-0.3, -0.25) is 4.98 Å². The fraction of sp³-hybridized carbons (Fsp3) is 0.0833. The van der Waals surface area contributed by atoms with Gasteiger partial charge in [0.15, 0.2) is 11.6 Å². The van der Waals surface area contributed by atoms with Crippen molar-refractivity contribution in [1.29, 1.82) is 0 Å². The predicted molar refractivity (Wildman–Crippen MR) is 55.5 cm³/mol. The van der Waals surface area contributed by atoms with Gasteiger partial charge in [0.05, 0.1) is 18.5 Å². The Morgan fingerprint density at radius 2 is 1.88 bits per heavy atom. The van der Waals surface area contributed by atoms with Crippen molar-refractivity contribution in [1.82, 2.24) is 4.98 Å². The van der Waals surface area contributed by atoms with Crippen LogP contribution in [0.2, 0.25) is 0 Å². The molecule has 0 bridgehead atoms. The summed E-state index contributed by atoms with van der Waals surface area (Å²) in [7, 11) is 0. The SMILES string of the molecule is OCc1cc(-c2cccc(F)c2F)ncc1F. The summed E-state index contributed by atoms with van der Waals surface area (Å²) in [6.07, 6.45) is 0.866. The summed E-state index contributed by atoms with van der Waals surface area (Å²) in [5.74, 6) is -2.73. The fourth-order valence-electron chi connectivity index (χ4n) is 1.45. The smallest absolute Gasteiger partial charge is 0.168 e. The molecular weight excluding hydrogens is 231 g/mol. The van der Waals surface area contributed by atoms with Crippen molar-refractivity contribution in [2.45, 2.75) is 6.61 Å². The van der Waals surface area contributed by atoms with Crippen LogP contribution in [-0.2, 0) is 6.61 Å². The molecule has 0 aliphatic rings. The second-order valence-corrected chi connectivity index (χ2v) is 3.42. The van der Waals surface area contributed by atoms with Crippen LogP contribution in [0.5, 0.6) is 0 Å². The number of benzene rings is 1. The number of aromatic nitrogens is 1. The lowest BCUT2D eigenvalue weighted by Gasteiger charge is -2.05. The molecule has 0 spiro atoms. The molecule has 1 aromatic heterocycles. The largest absolute Gasteiger partial charge is 0.392 e. The number of hydrogen-bond donors (Lipinski definition) is 1. The average Bonchev–Trinajstić information content (AvgIpc) is 2.34. The Morgan fingerprint density at radius 3 is 2.59 bits per heavy atom. The number of rotatable bonds is 2. The highest BCUT2D eigenvalue weighted by Gasteiger charge is 2.12. The zero-order chi connectivity index (χ0) is 12.4. The van der Waals surface area contributed by atoms with Crippen LogP contribution in [0.3, 0.4) is 0 Å². The minimum absolute atomic E-state index is 0.0151. The minimum Gasteiger partial charge on any atom is -0.392 e. The Kier molecular flexibility index (Phi) is 3.10. The molecule has 88 valence electrons. The average molecular weight is 239 g/mol. The van der Waals surface area contributed by atoms with Gasteiger partial charge in [-0.2, -0.15) is 0 Å². The van der Waals surface area contributed by atoms with E-state index in [0.717, 1.165) is 12.3 Å². The van der Waals surface area contributed by atoms with Crippen molar-refractivity contribution in [2.75, 3.05) is 0 Å². The van der Waals surface area contributed by atoms with E-state index >= 15 is 0 Å². The molecule has 0 saturated heterocycles. The number of halogens is 3. The third-order valence-electron chi connectivity index (χ3n) is 2.33. The van der Waals surface area contributed by atoms with E-state index in [0.29, 0.717) is 0 Å². The standard InChI is InChI=1S/C12H8F3NO/c13-9-3-1-2-8(12(9)15)11-4-7(6-17)10(14)5-16-11/h1-5,17H,6H2. The van der Waals surface area contributed by atoms with Gasteiger partial charge < -0.3 is 5.11 Å². The number of aliphatic hydroxyl groups is 1. The Labute approximate surface area is 95.4 Å². The molecule has 0 amide bonds. The van der Waals surface area contributed by atoms with Crippen LogP contribution in [0.1, 0.15) is 5.56 Å². The lowest BCUT2D eigenvalue weighted by atomic mass is 10.1. The van der Waals surface area contributed by atoms with Gasteiger partial charge in [0.25, 0.3) is 0 Å². The van der Waals surface area contributed by atoms with Gasteiger partial charge in [-0.15, -0.1) is 0 Å². The minimum atomic E-state index is -1.05. The summed E-state index contributed by atoms with van der Waals surface area (Å²) >= 11 is 0. The maximum Gasteiger partial charge on any atom is 0.168 e. The molecule has 0 fully saturated rings. The lowest BCUT2D eigenvalue weighted by molar-refractivity contribution is 0.275. The summed E-state index contributed by atoms with van der Waals surface area (Å²) in [4.78, 5) is 3.67. The molecular formula is C12H8F3NO. The summed E-state index contributed by atoms with van der Waals surface area (Å²) < 4.78 is 39.5. The van der Waals surface area contributed by atoms with Crippen LogP contribution in [-0.4, -0.2) is 10.1 Å². The topological polar surface area (TPSA) is 33.1 Å². The molecule has 0 radical (unpaired) electrons. The van der Waals surface area contributed by atoms with Gasteiger partial charge in [0.2, 0.25) is 0 Å². The summed E-state index contributed by atoms with van der Waals surface area (Å²) in [6, 6.07) is 4.83. The Balaban J connectivity index is 2.57. The number of aliphatic hydroxyl groups excluding tert-OH is 1. The van der Waals surface area contributed by atoms with E-state index in [4.69, 9.17) is 5.11 Å². The number of nitrogens with zero attached hydrogens (tertiary/aromatic N) is 1. The van der Waals surface area contributed by atoms with Gasteiger partial charge in [-0.05, 0) is 18.2 Å². The third kappa shape index (κ3) is 2.14. The maximum absolute atomic E-state index is 13.5. The van der Waals surface area contributed by atoms with E-state index < -0.39 is 24.1 Å². The quantitative estimate of drug-likeness (QED) is 0.873. The van der Waals surface area contributed by atoms with Crippen molar-refractivity contribution in [3.05, 3.63) is 53.5 Å². The fourth-order valence-corrected chi connectivity index (χ4v) is 1.45. The van der Waals surface area contributed by atoms with Crippen LogP contribution < -0.4 is 0 Å². The molecule has 0 saturated carbocycles. The molecule has 2 rings (SSSR count). The molecule has 1 N–H and O–H groups in total. The highest BCUT2D eigenvalue weighted by atomic mass is 19.2. The predicted octanol–water partition coefficient (Wildman–Crippen LogP) is 2.66. The van der Waals surface area contributed by atoms with E-state index in [2.05, 4.69) is 4.98 Å². The van der Waals surface area contributed by atoms with E-state index in [1.165, 1.54) is 18.2 Å². The lowest BCUT2D eigenvalue weighted by Crippen LogP contribution is -1.96. The van der Waals surface area contributed by atoms with Crippen molar-refractivity contribution in [3.63, 3.8) is 0 Å². The molecule has 0 unspecified atom stereocenters. The first kappa shape index (κ1) is 11.6. The number of pyridine rings is 1. The first-order valence-electron chi connectivity index (χ1n) is 4.83. The Morgan fingerprint density at radius 1 is 1.12 bits per heavy atom. The first-order valence-corrected chi connectivity index (χ1v) is 4.83. The van der Waals surface area contributed by atoms with Gasteiger partial charge in [-0.1, -0.05) is 6.07 Å². The number of hydrogen-bond acceptors (Lipinski definition) is 2. The Bertz CT molecular complexity index is 557. The van der Waals surface area contributed by atoms with Crippen LogP contribution in [0.25, 0.3) is 11.3 Å². The van der Waals surface area contributed by atoms with Gasteiger partial charge in [-0.25, -0.2) is 13.2 Å². The molecule has 2 nitrogen and oxygen atoms in total. The monoisotopic (exact) mass is 239 g/mol. The van der Waals surface area contributed by atoms with Crippen molar-refractivity contribution < 1.29 is 18.3 Å². The van der Waals surface area contributed by atoms with E-state index in [-0.39, 0.29) is 16.8 Å². The third-order valence-corrected chi connectivity index (χ3v) is 2.33. The molecule has 1 aromatic carbocycles. The summed E-state index contributed by atoms with van der Waals surface area (Å²) in [5.41, 5.74) is -0.00851. The molecule has 0 aliphatic heterocycles. The van der Waals surface area contributed by atoms with E-state index in [9.17, 15) is 13.2 Å². The second-order valence-electron chi connectivity index (χ2n) is 3.42. The van der Waals surface area contributed by atoms with Gasteiger partial charge in [0, 0.05) is 11.1 Å². The van der Waals surface area contributed by atoms with Crippen molar-refractivity contribution in [2.24, 2.45) is 0 Å². The van der Waals surface area contributed by atoms with Gasteiger partial charge in [0.1, 0.15) is 5.82 Å². The molecule has 1 heterocycles. The molecule has 2 aromatic rings. The van der Waals surface area contributed by atoms with E-state index in [1.807, 2.05) is 0 Å². The molecule has 0 atom stereocenters. The Hall–Kier alpha value is -1.88. The summed E-state index contributed by atoms with van der Waals surface area (Å²) in [6.45, 7) is -0.529. The highest BCUT2D eigenvalue weighted by molar-refractivity contribution is 5.60. The van der Waals surface area contributed by atoms with Crippen LogP contribution in [0.4, 0.5) is 13.2 Å². The highest BCUT2D eigenvalue weighted by Crippen LogP contribution is 2.24. The maximum atomic E-state index is 13.5. The van der Waals surface area contributed by atoms with Crippen molar-refractivity contribution >= 4 is 0 Å². The zero-order valence-electron chi connectivity index (χ0n) is 8.62. The van der Waals surface area contributed by atoms with Crippen LogP contribution >= 0.6 is 0 Å². The second kappa shape index (κ2) is 4.55. The molecule has 5 heteroatoms. The summed E-state index contributed by atoms with van der Waals surface area (Å²) in [5, 5.41) is 8.88. The first-order chi connectivity index (χ1) is 8.13. The van der Waals surface area contributed by atoms with Crippen LogP contribution in [0, 0.1) is 17.5 Å².